The summed E-state index contributed by atoms with van der Waals surface area (Å²) >= 11 is 0. The van der Waals surface area contributed by atoms with Crippen molar-refractivity contribution in [2.45, 2.75) is 13.3 Å². The predicted molar refractivity (Wildman–Crippen MR) is 35.1 cm³/mol. The zero-order valence-corrected chi connectivity index (χ0v) is 8.67. The minimum atomic E-state index is -0.667. The quantitative estimate of drug-likeness (QED) is 0.372. The average Bonchev–Trinajstić information content (AvgIpc) is 1.95. The second-order valence-electron chi connectivity index (χ2n) is 2.33. The average molecular weight is 158 g/mol. The maximum absolute atomic E-state index is 8.66. The van der Waals surface area contributed by atoms with Gasteiger partial charge in [-0.1, -0.05) is 6.92 Å². The zero-order valence-electron chi connectivity index (χ0n) is 7.67. The first kappa shape index (κ1) is 13.5. The summed E-state index contributed by atoms with van der Waals surface area (Å²) in [7, 11) is 0. The molecule has 3 nitrogen and oxygen atoms in total. The normalized spacial score (nSPS) is 10.8. The molecule has 10 heavy (non-hydrogen) atoms. The monoisotopic (exact) mass is 158 g/mol. The van der Waals surface area contributed by atoms with E-state index in [2.05, 4.69) is 0 Å². The summed E-state index contributed by atoms with van der Waals surface area (Å²) in [5.74, 6) is 0. The third-order valence-corrected chi connectivity index (χ3v) is 1.76. The van der Waals surface area contributed by atoms with Crippen LogP contribution in [0, 0.1) is 5.41 Å². The van der Waals surface area contributed by atoms with Gasteiger partial charge in [0.2, 0.25) is 0 Å². The van der Waals surface area contributed by atoms with Crippen LogP contribution in [0.4, 0.5) is 0 Å². The van der Waals surface area contributed by atoms with Crippen LogP contribution in [0.5, 0.6) is 0 Å². The molecule has 0 fully saturated rings. The Balaban J connectivity index is -0.000000320. The molecule has 0 rings (SSSR count). The number of hydrogen-bond acceptors (Lipinski definition) is 3. The van der Waals surface area contributed by atoms with Crippen molar-refractivity contribution in [2.24, 2.45) is 5.41 Å². The van der Waals surface area contributed by atoms with E-state index in [0.717, 1.165) is 0 Å². The molecule has 0 saturated heterocycles. The Hall–Kier alpha value is 0.880. The molecule has 0 aliphatic heterocycles. The smallest absolute Gasteiger partial charge is 1.00 e. The summed E-state index contributed by atoms with van der Waals surface area (Å²) in [5.41, 5.74) is -0.667. The Morgan fingerprint density at radius 3 is 1.40 bits per heavy atom. The van der Waals surface area contributed by atoms with Crippen LogP contribution in [0.1, 0.15) is 14.8 Å². The van der Waals surface area contributed by atoms with Crippen molar-refractivity contribution in [3.05, 3.63) is 0 Å². The Labute approximate surface area is 84.8 Å². The van der Waals surface area contributed by atoms with Crippen molar-refractivity contribution in [3.8, 4) is 0 Å². The van der Waals surface area contributed by atoms with Crippen molar-refractivity contribution in [3.63, 3.8) is 0 Å². The largest absolute Gasteiger partial charge is 1.00 e. The number of rotatable bonds is 4. The van der Waals surface area contributed by atoms with Gasteiger partial charge in [0.25, 0.3) is 0 Å². The molecule has 0 radical (unpaired) electrons. The fraction of sp³-hybridized carbons (Fsp3) is 1.00. The second-order valence-corrected chi connectivity index (χ2v) is 2.33. The molecule has 0 bridgehead atoms. The van der Waals surface area contributed by atoms with Crippen LogP contribution in [0.25, 0.3) is 0 Å². The summed E-state index contributed by atoms with van der Waals surface area (Å²) in [5, 5.41) is 26.0. The molecule has 0 spiro atoms. The molecular formula is C6H15NaO3. The molecule has 4 heteroatoms. The van der Waals surface area contributed by atoms with Gasteiger partial charge in [0.1, 0.15) is 0 Å². The fourth-order valence-corrected chi connectivity index (χ4v) is 0.485. The maximum atomic E-state index is 8.66. The molecule has 0 atom stereocenters. The van der Waals surface area contributed by atoms with E-state index in [1.807, 2.05) is 6.92 Å². The van der Waals surface area contributed by atoms with Crippen LogP contribution < -0.4 is 29.6 Å². The van der Waals surface area contributed by atoms with Crippen LogP contribution in [-0.2, 0) is 0 Å². The summed E-state index contributed by atoms with van der Waals surface area (Å²) in [4.78, 5) is 0. The molecule has 0 amide bonds. The van der Waals surface area contributed by atoms with E-state index in [1.165, 1.54) is 0 Å². The Morgan fingerprint density at radius 1 is 1.10 bits per heavy atom. The first-order chi connectivity index (χ1) is 4.24. The number of aliphatic hydroxyl groups excluding tert-OH is 3. The summed E-state index contributed by atoms with van der Waals surface area (Å²) in [6.07, 6.45) is 0.594. The van der Waals surface area contributed by atoms with Gasteiger partial charge in [-0.3, -0.25) is 0 Å². The van der Waals surface area contributed by atoms with E-state index in [0.29, 0.717) is 6.42 Å². The minimum Gasteiger partial charge on any atom is -1.00 e. The van der Waals surface area contributed by atoms with Gasteiger partial charge in [-0.25, -0.2) is 0 Å². The van der Waals surface area contributed by atoms with Crippen LogP contribution in [0.15, 0.2) is 0 Å². The first-order valence-electron chi connectivity index (χ1n) is 3.07. The van der Waals surface area contributed by atoms with Gasteiger partial charge < -0.3 is 16.7 Å². The van der Waals surface area contributed by atoms with Crippen LogP contribution in [0.2, 0.25) is 0 Å². The van der Waals surface area contributed by atoms with Crippen molar-refractivity contribution in [1.29, 1.82) is 0 Å². The van der Waals surface area contributed by atoms with E-state index in [4.69, 9.17) is 15.3 Å². The van der Waals surface area contributed by atoms with Crippen molar-refractivity contribution in [1.82, 2.24) is 0 Å². The van der Waals surface area contributed by atoms with Crippen LogP contribution in [-0.4, -0.2) is 35.1 Å². The first-order valence-corrected chi connectivity index (χ1v) is 3.07. The van der Waals surface area contributed by atoms with Crippen molar-refractivity contribution < 1.29 is 46.3 Å². The van der Waals surface area contributed by atoms with Gasteiger partial charge in [-0.15, -0.1) is 0 Å². The number of hydrogen-bond donors (Lipinski definition) is 3. The molecule has 0 aromatic carbocycles. The van der Waals surface area contributed by atoms with E-state index in [1.54, 1.807) is 0 Å². The molecule has 0 aliphatic carbocycles. The van der Waals surface area contributed by atoms with E-state index < -0.39 is 5.41 Å². The fourth-order valence-electron chi connectivity index (χ4n) is 0.485. The van der Waals surface area contributed by atoms with E-state index in [9.17, 15) is 0 Å². The molecule has 0 aromatic rings. The molecule has 0 aliphatic rings. The van der Waals surface area contributed by atoms with Crippen LogP contribution in [0.3, 0.4) is 0 Å². The zero-order chi connectivity index (χ0) is 7.33. The summed E-state index contributed by atoms with van der Waals surface area (Å²) < 4.78 is 0. The Morgan fingerprint density at radius 2 is 1.40 bits per heavy atom. The maximum Gasteiger partial charge on any atom is 1.00 e. The summed E-state index contributed by atoms with van der Waals surface area (Å²) in [6.45, 7) is 1.35. The SMILES string of the molecule is CCC(CO)(CO)CO.[H-].[Na+]. The van der Waals surface area contributed by atoms with Crippen molar-refractivity contribution in [2.75, 3.05) is 19.8 Å². The van der Waals surface area contributed by atoms with Gasteiger partial charge in [0.05, 0.1) is 19.8 Å². The third-order valence-electron chi connectivity index (χ3n) is 1.76. The van der Waals surface area contributed by atoms with Gasteiger partial charge in [-0.2, -0.15) is 0 Å². The molecule has 0 saturated carbocycles. The Bertz CT molecular complexity index is 60.7. The molecule has 0 unspecified atom stereocenters. The molecule has 3 N–H and O–H groups in total. The second kappa shape index (κ2) is 6.58. The van der Waals surface area contributed by atoms with Gasteiger partial charge in [-0.05, 0) is 6.42 Å². The number of aliphatic hydroxyl groups is 3. The Kier molecular flexibility index (Phi) is 8.86. The van der Waals surface area contributed by atoms with E-state index >= 15 is 0 Å². The van der Waals surface area contributed by atoms with Gasteiger partial charge in [0, 0.05) is 5.41 Å². The third kappa shape index (κ3) is 3.32. The molecule has 58 valence electrons. The van der Waals surface area contributed by atoms with E-state index in [-0.39, 0.29) is 50.8 Å². The molecule has 0 heterocycles. The predicted octanol–water partition coefficient (Wildman–Crippen LogP) is -3.52. The molecule has 0 aromatic heterocycles. The van der Waals surface area contributed by atoms with Gasteiger partial charge in [0.15, 0.2) is 0 Å². The van der Waals surface area contributed by atoms with Crippen molar-refractivity contribution >= 4 is 0 Å². The molecular weight excluding hydrogens is 143 g/mol. The minimum absolute atomic E-state index is 0. The van der Waals surface area contributed by atoms with Crippen LogP contribution >= 0.6 is 0 Å². The summed E-state index contributed by atoms with van der Waals surface area (Å²) in [6, 6.07) is 0. The van der Waals surface area contributed by atoms with Gasteiger partial charge >= 0.3 is 29.6 Å². The topological polar surface area (TPSA) is 60.7 Å². The standard InChI is InChI=1S/C6H14O3.Na.H/c1-2-6(3-7,4-8)5-9;;/h7-9H,2-5H2,1H3;;/q;+1;-1.